The van der Waals surface area contributed by atoms with E-state index in [1.807, 2.05) is 27.7 Å². The first-order chi connectivity index (χ1) is 8.77. The van der Waals surface area contributed by atoms with Crippen LogP contribution in [0.4, 0.5) is 0 Å². The molecule has 0 aliphatic heterocycles. The van der Waals surface area contributed by atoms with Gasteiger partial charge in [0.05, 0.1) is 5.69 Å². The third-order valence-electron chi connectivity index (χ3n) is 2.59. The minimum absolute atomic E-state index is 0.302. The number of nitrogens with one attached hydrogen (secondary N) is 1. The van der Waals surface area contributed by atoms with Gasteiger partial charge in [-0.1, -0.05) is 38.6 Å². The second kappa shape index (κ2) is 6.10. The molecular formula is C12H19N3O3S. The van der Waals surface area contributed by atoms with E-state index in [1.54, 1.807) is 0 Å². The van der Waals surface area contributed by atoms with Crippen molar-refractivity contribution in [1.82, 2.24) is 14.9 Å². The predicted octanol–water partition coefficient (Wildman–Crippen LogP) is 1.82. The number of aromatic nitrogens is 2. The number of nitrogens with zero attached hydrogens (tertiary/aromatic N) is 2. The summed E-state index contributed by atoms with van der Waals surface area (Å²) in [6.45, 7) is 7.67. The minimum Gasteiger partial charge on any atom is -0.480 e. The Hall–Kier alpha value is -1.50. The molecule has 0 aromatic carbocycles. The summed E-state index contributed by atoms with van der Waals surface area (Å²) < 4.78 is 3.79. The highest BCUT2D eigenvalue weighted by Crippen LogP contribution is 2.25. The van der Waals surface area contributed by atoms with Crippen LogP contribution in [0.2, 0.25) is 0 Å². The molecule has 1 heterocycles. The Morgan fingerprint density at radius 2 is 2.05 bits per heavy atom. The summed E-state index contributed by atoms with van der Waals surface area (Å²) in [5, 5.41) is 15.5. The average Bonchev–Trinajstić information content (AvgIpc) is 2.76. The molecule has 0 bridgehead atoms. The predicted molar refractivity (Wildman–Crippen MR) is 72.4 cm³/mol. The van der Waals surface area contributed by atoms with E-state index in [0.717, 1.165) is 11.5 Å². The summed E-state index contributed by atoms with van der Waals surface area (Å²) in [6, 6.07) is -0.868. The highest BCUT2D eigenvalue weighted by atomic mass is 32.1. The van der Waals surface area contributed by atoms with E-state index >= 15 is 0 Å². The normalized spacial score (nSPS) is 13.1. The molecule has 0 unspecified atom stereocenters. The highest BCUT2D eigenvalue weighted by molar-refractivity contribution is 7.08. The number of rotatable bonds is 5. The van der Waals surface area contributed by atoms with Gasteiger partial charge in [0, 0.05) is 5.41 Å². The van der Waals surface area contributed by atoms with Gasteiger partial charge < -0.3 is 10.4 Å². The molecule has 0 aliphatic carbocycles. The summed E-state index contributed by atoms with van der Waals surface area (Å²) in [6.07, 6.45) is 1.09. The number of carboxylic acid groups (broad SMARTS) is 1. The van der Waals surface area contributed by atoms with Crippen LogP contribution in [0.3, 0.4) is 0 Å². The van der Waals surface area contributed by atoms with Crippen molar-refractivity contribution in [2.45, 2.75) is 52.0 Å². The van der Waals surface area contributed by atoms with Crippen molar-refractivity contribution >= 4 is 23.4 Å². The van der Waals surface area contributed by atoms with Gasteiger partial charge in [0.1, 0.15) is 10.9 Å². The SMILES string of the molecule is CCC[C@H](NC(=O)c1snnc1C(C)(C)C)C(=O)O. The lowest BCUT2D eigenvalue weighted by Crippen LogP contribution is -2.41. The first-order valence-electron chi connectivity index (χ1n) is 6.13. The van der Waals surface area contributed by atoms with Crippen LogP contribution in [-0.2, 0) is 10.2 Å². The summed E-state index contributed by atoms with van der Waals surface area (Å²) >= 11 is 0.990. The standard InChI is InChI=1S/C12H19N3O3S/c1-5-6-7(11(17)18)13-10(16)8-9(12(2,3)4)14-15-19-8/h7H,5-6H2,1-4H3,(H,13,16)(H,17,18)/t7-/m0/s1. The molecule has 0 saturated heterocycles. The Kier molecular flexibility index (Phi) is 4.99. The monoisotopic (exact) mass is 285 g/mol. The highest BCUT2D eigenvalue weighted by Gasteiger charge is 2.28. The zero-order valence-electron chi connectivity index (χ0n) is 11.6. The van der Waals surface area contributed by atoms with Crippen molar-refractivity contribution in [3.63, 3.8) is 0 Å². The van der Waals surface area contributed by atoms with Crippen LogP contribution < -0.4 is 5.32 Å². The minimum atomic E-state index is -1.02. The van der Waals surface area contributed by atoms with Crippen LogP contribution in [0.15, 0.2) is 0 Å². The van der Waals surface area contributed by atoms with Gasteiger partial charge >= 0.3 is 5.97 Å². The quantitative estimate of drug-likeness (QED) is 0.861. The Morgan fingerprint density at radius 1 is 1.42 bits per heavy atom. The zero-order chi connectivity index (χ0) is 14.6. The van der Waals surface area contributed by atoms with Crippen molar-refractivity contribution in [2.24, 2.45) is 0 Å². The molecule has 19 heavy (non-hydrogen) atoms. The van der Waals surface area contributed by atoms with E-state index in [9.17, 15) is 9.59 Å². The van der Waals surface area contributed by atoms with E-state index in [0.29, 0.717) is 23.4 Å². The molecule has 7 heteroatoms. The third-order valence-corrected chi connectivity index (χ3v) is 3.31. The maximum atomic E-state index is 12.1. The van der Waals surface area contributed by atoms with E-state index < -0.39 is 17.9 Å². The molecule has 0 radical (unpaired) electrons. The summed E-state index contributed by atoms with van der Waals surface area (Å²) in [5.74, 6) is -1.44. The van der Waals surface area contributed by atoms with Crippen LogP contribution in [0.5, 0.6) is 0 Å². The van der Waals surface area contributed by atoms with Crippen molar-refractivity contribution in [3.05, 3.63) is 10.6 Å². The second-order valence-electron chi connectivity index (χ2n) is 5.35. The van der Waals surface area contributed by atoms with Crippen LogP contribution in [0, 0.1) is 0 Å². The molecule has 1 amide bonds. The molecule has 0 fully saturated rings. The zero-order valence-corrected chi connectivity index (χ0v) is 12.4. The number of carboxylic acids is 1. The Balaban J connectivity index is 2.89. The summed E-state index contributed by atoms with van der Waals surface area (Å²) in [7, 11) is 0. The smallest absolute Gasteiger partial charge is 0.326 e. The van der Waals surface area contributed by atoms with Gasteiger partial charge in [0.15, 0.2) is 0 Å². The number of hydrogen-bond acceptors (Lipinski definition) is 5. The molecule has 1 aromatic heterocycles. The molecule has 0 aliphatic rings. The van der Waals surface area contributed by atoms with E-state index in [1.165, 1.54) is 0 Å². The lowest BCUT2D eigenvalue weighted by atomic mass is 9.91. The van der Waals surface area contributed by atoms with Gasteiger partial charge in [0.25, 0.3) is 5.91 Å². The molecular weight excluding hydrogens is 266 g/mol. The number of aliphatic carboxylic acids is 1. The van der Waals surface area contributed by atoms with Gasteiger partial charge in [-0.05, 0) is 18.0 Å². The fraction of sp³-hybridized carbons (Fsp3) is 0.667. The van der Waals surface area contributed by atoms with Gasteiger partial charge in [-0.15, -0.1) is 5.10 Å². The lowest BCUT2D eigenvalue weighted by Gasteiger charge is -2.17. The van der Waals surface area contributed by atoms with Gasteiger partial charge in [0.2, 0.25) is 0 Å². The number of amides is 1. The molecule has 6 nitrogen and oxygen atoms in total. The molecule has 2 N–H and O–H groups in total. The summed E-state index contributed by atoms with van der Waals surface area (Å²) in [5.41, 5.74) is 0.291. The van der Waals surface area contributed by atoms with Crippen molar-refractivity contribution < 1.29 is 14.7 Å². The van der Waals surface area contributed by atoms with Gasteiger partial charge in [-0.25, -0.2) is 4.79 Å². The van der Waals surface area contributed by atoms with E-state index in [2.05, 4.69) is 14.9 Å². The molecule has 106 valence electrons. The Morgan fingerprint density at radius 3 is 2.53 bits per heavy atom. The van der Waals surface area contributed by atoms with E-state index in [-0.39, 0.29) is 5.41 Å². The van der Waals surface area contributed by atoms with Crippen LogP contribution in [0.1, 0.15) is 55.9 Å². The maximum absolute atomic E-state index is 12.1. The number of carbonyl (C=O) groups excluding carboxylic acids is 1. The maximum Gasteiger partial charge on any atom is 0.326 e. The molecule has 1 atom stereocenters. The lowest BCUT2D eigenvalue weighted by molar-refractivity contribution is -0.139. The molecule has 0 saturated carbocycles. The first-order valence-corrected chi connectivity index (χ1v) is 6.91. The van der Waals surface area contributed by atoms with Crippen LogP contribution >= 0.6 is 11.5 Å². The third kappa shape index (κ3) is 3.99. The fourth-order valence-corrected chi connectivity index (χ4v) is 2.38. The van der Waals surface area contributed by atoms with Crippen LogP contribution in [0.25, 0.3) is 0 Å². The first kappa shape index (κ1) is 15.6. The Bertz CT molecular complexity index is 465. The number of carbonyl (C=O) groups is 2. The van der Waals surface area contributed by atoms with Crippen molar-refractivity contribution in [3.8, 4) is 0 Å². The summed E-state index contributed by atoms with van der Waals surface area (Å²) in [4.78, 5) is 23.5. The molecule has 1 rings (SSSR count). The van der Waals surface area contributed by atoms with Gasteiger partial charge in [-0.3, -0.25) is 4.79 Å². The largest absolute Gasteiger partial charge is 0.480 e. The van der Waals surface area contributed by atoms with Crippen molar-refractivity contribution in [2.75, 3.05) is 0 Å². The molecule has 0 spiro atoms. The van der Waals surface area contributed by atoms with Crippen molar-refractivity contribution in [1.29, 1.82) is 0 Å². The Labute approximate surface area is 116 Å². The molecule has 1 aromatic rings. The fourth-order valence-electron chi connectivity index (χ4n) is 1.60. The second-order valence-corrected chi connectivity index (χ2v) is 6.11. The van der Waals surface area contributed by atoms with E-state index in [4.69, 9.17) is 5.11 Å². The van der Waals surface area contributed by atoms with Crippen LogP contribution in [-0.4, -0.2) is 32.6 Å². The average molecular weight is 285 g/mol. The number of hydrogen-bond donors (Lipinski definition) is 2. The topological polar surface area (TPSA) is 92.2 Å². The van der Waals surface area contributed by atoms with Gasteiger partial charge in [-0.2, -0.15) is 0 Å².